The van der Waals surface area contributed by atoms with E-state index in [9.17, 15) is 0 Å². The molecule has 0 bridgehead atoms. The van der Waals surface area contributed by atoms with Crippen LogP contribution in [0.1, 0.15) is 31.9 Å². The highest BCUT2D eigenvalue weighted by atomic mass is 32.1. The Hall–Kier alpha value is -0.670. The van der Waals surface area contributed by atoms with E-state index < -0.39 is 0 Å². The zero-order valence-corrected chi connectivity index (χ0v) is 12.5. The van der Waals surface area contributed by atoms with Crippen molar-refractivity contribution in [3.05, 3.63) is 29.3 Å². The van der Waals surface area contributed by atoms with E-state index in [0.29, 0.717) is 0 Å². The predicted molar refractivity (Wildman–Crippen MR) is 78.0 cm³/mol. The van der Waals surface area contributed by atoms with E-state index in [2.05, 4.69) is 51.6 Å². The first kappa shape index (κ1) is 13.8. The fourth-order valence-electron chi connectivity index (χ4n) is 2.32. The summed E-state index contributed by atoms with van der Waals surface area (Å²) in [5.74, 6) is 1.78. The molecule has 100 valence electrons. The van der Waals surface area contributed by atoms with Crippen molar-refractivity contribution in [2.24, 2.45) is 0 Å². The van der Waals surface area contributed by atoms with Gasteiger partial charge in [0.05, 0.1) is 25.7 Å². The molecule has 1 aliphatic heterocycles. The molecule has 0 spiro atoms. The molecule has 1 heterocycles. The third kappa shape index (κ3) is 2.26. The lowest BCUT2D eigenvalue weighted by Gasteiger charge is -2.41. The van der Waals surface area contributed by atoms with Crippen LogP contribution in [0.2, 0.25) is 0 Å². The van der Waals surface area contributed by atoms with Crippen LogP contribution in [0, 0.1) is 0 Å². The Bertz CT molecular complexity index is 425. The smallest absolute Gasteiger partial charge is 0.122 e. The number of hydrogen-bond donors (Lipinski definition) is 1. The molecule has 3 heteroatoms. The molecule has 0 unspecified atom stereocenters. The summed E-state index contributed by atoms with van der Waals surface area (Å²) in [5.41, 5.74) is 2.73. The molecule has 2 rings (SSSR count). The standard InChI is InChI=1S/C15H22O2S/c1-14(2,3)12-7-11(5-6-13(12)16-4)15(10-18)8-17-9-15/h5-7,18H,8-10H2,1-4H3. The molecule has 0 amide bonds. The van der Waals surface area contributed by atoms with Gasteiger partial charge in [-0.1, -0.05) is 32.9 Å². The van der Waals surface area contributed by atoms with Gasteiger partial charge in [-0.05, 0) is 22.6 Å². The number of benzene rings is 1. The normalized spacial score (nSPS) is 18.3. The topological polar surface area (TPSA) is 18.5 Å². The maximum atomic E-state index is 5.47. The third-order valence-electron chi connectivity index (χ3n) is 3.68. The average Bonchev–Trinajstić information content (AvgIpc) is 2.27. The highest BCUT2D eigenvalue weighted by molar-refractivity contribution is 7.80. The van der Waals surface area contributed by atoms with E-state index in [1.54, 1.807) is 7.11 Å². The van der Waals surface area contributed by atoms with E-state index in [-0.39, 0.29) is 10.8 Å². The first-order valence-corrected chi connectivity index (χ1v) is 6.94. The van der Waals surface area contributed by atoms with Gasteiger partial charge in [-0.3, -0.25) is 0 Å². The van der Waals surface area contributed by atoms with Crippen molar-refractivity contribution in [3.8, 4) is 5.75 Å². The number of thiol groups is 1. The quantitative estimate of drug-likeness (QED) is 0.847. The average molecular weight is 266 g/mol. The monoisotopic (exact) mass is 266 g/mol. The molecule has 0 aliphatic carbocycles. The van der Waals surface area contributed by atoms with Crippen LogP contribution in [-0.2, 0) is 15.6 Å². The van der Waals surface area contributed by atoms with Crippen LogP contribution in [0.4, 0.5) is 0 Å². The second-order valence-corrected chi connectivity index (χ2v) is 6.41. The molecule has 1 aromatic carbocycles. The maximum absolute atomic E-state index is 5.47. The van der Waals surface area contributed by atoms with Gasteiger partial charge in [-0.25, -0.2) is 0 Å². The lowest BCUT2D eigenvalue weighted by molar-refractivity contribution is -0.0471. The first-order valence-electron chi connectivity index (χ1n) is 6.30. The lowest BCUT2D eigenvalue weighted by atomic mass is 9.77. The highest BCUT2D eigenvalue weighted by Crippen LogP contribution is 2.39. The zero-order valence-electron chi connectivity index (χ0n) is 11.6. The van der Waals surface area contributed by atoms with Crippen LogP contribution >= 0.6 is 12.6 Å². The second-order valence-electron chi connectivity index (χ2n) is 6.10. The number of ether oxygens (including phenoxy) is 2. The molecule has 18 heavy (non-hydrogen) atoms. The third-order valence-corrected chi connectivity index (χ3v) is 4.28. The van der Waals surface area contributed by atoms with Crippen molar-refractivity contribution in [3.63, 3.8) is 0 Å². The van der Waals surface area contributed by atoms with Crippen LogP contribution in [0.5, 0.6) is 5.75 Å². The number of rotatable bonds is 3. The Balaban J connectivity index is 2.46. The molecule has 1 fully saturated rings. The summed E-state index contributed by atoms with van der Waals surface area (Å²) in [6, 6.07) is 6.48. The Kier molecular flexibility index (Phi) is 3.65. The van der Waals surface area contributed by atoms with Crippen molar-refractivity contribution >= 4 is 12.6 Å². The van der Waals surface area contributed by atoms with Gasteiger partial charge in [-0.2, -0.15) is 12.6 Å². The molecule has 0 aromatic heterocycles. The summed E-state index contributed by atoms with van der Waals surface area (Å²) in [7, 11) is 1.73. The summed E-state index contributed by atoms with van der Waals surface area (Å²) >= 11 is 4.49. The molecular weight excluding hydrogens is 244 g/mol. The molecule has 0 N–H and O–H groups in total. The van der Waals surface area contributed by atoms with Crippen LogP contribution in [0.25, 0.3) is 0 Å². The Labute approximate surface area is 115 Å². The van der Waals surface area contributed by atoms with Crippen molar-refractivity contribution in [2.75, 3.05) is 26.1 Å². The van der Waals surface area contributed by atoms with Gasteiger partial charge in [0.1, 0.15) is 5.75 Å². The predicted octanol–water partition coefficient (Wildman–Crippen LogP) is 3.19. The minimum atomic E-state index is 0.0732. The summed E-state index contributed by atoms with van der Waals surface area (Å²) in [5, 5.41) is 0. The fraction of sp³-hybridized carbons (Fsp3) is 0.600. The molecule has 2 nitrogen and oxygen atoms in total. The molecular formula is C15H22O2S. The second kappa shape index (κ2) is 4.78. The van der Waals surface area contributed by atoms with Crippen LogP contribution in [-0.4, -0.2) is 26.1 Å². The SMILES string of the molecule is COc1ccc(C2(CS)COC2)cc1C(C)(C)C. The van der Waals surface area contributed by atoms with Crippen molar-refractivity contribution in [2.45, 2.75) is 31.6 Å². The van der Waals surface area contributed by atoms with E-state index in [0.717, 1.165) is 24.7 Å². The summed E-state index contributed by atoms with van der Waals surface area (Å²) in [6.45, 7) is 8.16. The minimum absolute atomic E-state index is 0.0732. The molecule has 1 aromatic rings. The van der Waals surface area contributed by atoms with Crippen LogP contribution in [0.15, 0.2) is 18.2 Å². The Morgan fingerprint density at radius 2 is 2.00 bits per heavy atom. The zero-order chi connectivity index (χ0) is 13.4. The van der Waals surface area contributed by atoms with Crippen molar-refractivity contribution in [1.29, 1.82) is 0 Å². The largest absolute Gasteiger partial charge is 0.496 e. The van der Waals surface area contributed by atoms with Gasteiger partial charge >= 0.3 is 0 Å². The first-order chi connectivity index (χ1) is 8.43. The minimum Gasteiger partial charge on any atom is -0.496 e. The molecule has 0 atom stereocenters. The van der Waals surface area contributed by atoms with E-state index in [4.69, 9.17) is 9.47 Å². The van der Waals surface area contributed by atoms with Crippen LogP contribution < -0.4 is 4.74 Å². The van der Waals surface area contributed by atoms with Gasteiger partial charge in [-0.15, -0.1) is 0 Å². The molecule has 0 radical (unpaired) electrons. The van der Waals surface area contributed by atoms with E-state index in [1.165, 1.54) is 11.1 Å². The van der Waals surface area contributed by atoms with E-state index in [1.807, 2.05) is 0 Å². The summed E-state index contributed by atoms with van der Waals surface area (Å²) in [6.07, 6.45) is 0. The van der Waals surface area contributed by atoms with Gasteiger partial charge in [0.15, 0.2) is 0 Å². The van der Waals surface area contributed by atoms with Gasteiger partial charge in [0.25, 0.3) is 0 Å². The van der Waals surface area contributed by atoms with Crippen molar-refractivity contribution in [1.82, 2.24) is 0 Å². The van der Waals surface area contributed by atoms with Crippen molar-refractivity contribution < 1.29 is 9.47 Å². The number of methoxy groups -OCH3 is 1. The number of hydrogen-bond acceptors (Lipinski definition) is 3. The molecule has 1 aliphatic rings. The van der Waals surface area contributed by atoms with E-state index >= 15 is 0 Å². The highest BCUT2D eigenvalue weighted by Gasteiger charge is 2.39. The van der Waals surface area contributed by atoms with Gasteiger partial charge < -0.3 is 9.47 Å². The maximum Gasteiger partial charge on any atom is 0.122 e. The summed E-state index contributed by atoms with van der Waals surface area (Å²) in [4.78, 5) is 0. The Morgan fingerprint density at radius 1 is 1.33 bits per heavy atom. The Morgan fingerprint density at radius 3 is 2.39 bits per heavy atom. The van der Waals surface area contributed by atoms with Gasteiger partial charge in [0.2, 0.25) is 0 Å². The van der Waals surface area contributed by atoms with Gasteiger partial charge in [0, 0.05) is 5.75 Å². The van der Waals surface area contributed by atoms with Crippen LogP contribution in [0.3, 0.4) is 0 Å². The molecule has 1 saturated heterocycles. The molecule has 0 saturated carbocycles. The fourth-order valence-corrected chi connectivity index (χ4v) is 2.69. The summed E-state index contributed by atoms with van der Waals surface area (Å²) < 4.78 is 10.9. The lowest BCUT2D eigenvalue weighted by Crippen LogP contribution is -2.48.